The summed E-state index contributed by atoms with van der Waals surface area (Å²) < 4.78 is 0. The van der Waals surface area contributed by atoms with E-state index in [4.69, 9.17) is 6.42 Å². The van der Waals surface area contributed by atoms with Crippen LogP contribution in [0.1, 0.15) is 6.42 Å². The first-order chi connectivity index (χ1) is 5.33. The van der Waals surface area contributed by atoms with Crippen molar-refractivity contribution in [1.82, 2.24) is 10.2 Å². The molecule has 1 fully saturated rings. The largest absolute Gasteiger partial charge is 0.355 e. The number of terminal acetylenes is 1. The predicted octanol–water partition coefficient (Wildman–Crippen LogP) is -0.558. The summed E-state index contributed by atoms with van der Waals surface area (Å²) in [4.78, 5) is 12.9. The Kier molecular flexibility index (Phi) is 2.94. The lowest BCUT2D eigenvalue weighted by atomic mass is 10.4. The molecule has 0 saturated carbocycles. The molecule has 0 aromatic heterocycles. The van der Waals surface area contributed by atoms with Crippen LogP contribution in [0.15, 0.2) is 0 Å². The molecule has 11 heavy (non-hydrogen) atoms. The maximum absolute atomic E-state index is 10.9. The van der Waals surface area contributed by atoms with Crippen LogP contribution in [0.4, 0.5) is 0 Å². The fourth-order valence-corrected chi connectivity index (χ4v) is 1.13. The molecule has 3 nitrogen and oxygen atoms in total. The number of carbonyl (C=O) groups excluding carboxylic acids is 1. The van der Waals surface area contributed by atoms with Gasteiger partial charge in [-0.25, -0.2) is 0 Å². The van der Waals surface area contributed by atoms with E-state index in [0.29, 0.717) is 13.1 Å². The minimum Gasteiger partial charge on any atom is -0.355 e. The molecule has 1 saturated heterocycles. The van der Waals surface area contributed by atoms with Gasteiger partial charge in [-0.15, -0.1) is 6.42 Å². The van der Waals surface area contributed by atoms with Crippen LogP contribution in [0.5, 0.6) is 0 Å². The van der Waals surface area contributed by atoms with Crippen molar-refractivity contribution in [2.75, 3.05) is 26.2 Å². The van der Waals surface area contributed by atoms with E-state index in [1.54, 1.807) is 0 Å². The van der Waals surface area contributed by atoms with Crippen LogP contribution in [0.25, 0.3) is 0 Å². The summed E-state index contributed by atoms with van der Waals surface area (Å²) in [6.07, 6.45) is 6.13. The summed E-state index contributed by atoms with van der Waals surface area (Å²) in [5.74, 6) is 2.61. The summed E-state index contributed by atoms with van der Waals surface area (Å²) in [5, 5.41) is 2.78. The average molecular weight is 152 g/mol. The van der Waals surface area contributed by atoms with Gasteiger partial charge in [-0.05, 0) is 6.42 Å². The van der Waals surface area contributed by atoms with Crippen LogP contribution < -0.4 is 5.32 Å². The Morgan fingerprint density at radius 2 is 2.55 bits per heavy atom. The molecule has 1 heterocycles. The number of hydrogen-bond acceptors (Lipinski definition) is 2. The van der Waals surface area contributed by atoms with Gasteiger partial charge in [0.15, 0.2) is 0 Å². The summed E-state index contributed by atoms with van der Waals surface area (Å²) >= 11 is 0. The minimum atomic E-state index is 0.0813. The zero-order chi connectivity index (χ0) is 8.10. The van der Waals surface area contributed by atoms with E-state index in [0.717, 1.165) is 19.5 Å². The Morgan fingerprint density at radius 3 is 3.27 bits per heavy atom. The lowest BCUT2D eigenvalue weighted by Crippen LogP contribution is -2.33. The summed E-state index contributed by atoms with van der Waals surface area (Å²) in [6, 6.07) is 0. The van der Waals surface area contributed by atoms with Gasteiger partial charge < -0.3 is 5.32 Å². The second-order valence-electron chi connectivity index (χ2n) is 2.62. The molecule has 60 valence electrons. The van der Waals surface area contributed by atoms with Crippen LogP contribution in [-0.2, 0) is 4.79 Å². The third-order valence-electron chi connectivity index (χ3n) is 1.66. The fraction of sp³-hybridized carbons (Fsp3) is 0.625. The van der Waals surface area contributed by atoms with Gasteiger partial charge in [0.1, 0.15) is 0 Å². The van der Waals surface area contributed by atoms with Crippen molar-refractivity contribution in [3.8, 4) is 12.3 Å². The van der Waals surface area contributed by atoms with Crippen LogP contribution in [0.3, 0.4) is 0 Å². The maximum atomic E-state index is 10.9. The third kappa shape index (κ3) is 2.60. The number of rotatable bonds is 1. The van der Waals surface area contributed by atoms with Crippen molar-refractivity contribution < 1.29 is 4.79 Å². The quantitative estimate of drug-likeness (QED) is 0.511. The van der Waals surface area contributed by atoms with Crippen molar-refractivity contribution in [3.63, 3.8) is 0 Å². The number of amides is 1. The predicted molar refractivity (Wildman–Crippen MR) is 42.9 cm³/mol. The monoisotopic (exact) mass is 152 g/mol. The van der Waals surface area contributed by atoms with Crippen molar-refractivity contribution in [3.05, 3.63) is 0 Å². The highest BCUT2D eigenvalue weighted by molar-refractivity contribution is 5.78. The van der Waals surface area contributed by atoms with Gasteiger partial charge in [0, 0.05) is 13.1 Å². The lowest BCUT2D eigenvalue weighted by molar-refractivity contribution is -0.121. The number of nitrogens with one attached hydrogen (secondary N) is 1. The van der Waals surface area contributed by atoms with E-state index < -0.39 is 0 Å². The SMILES string of the molecule is C#CCN1CCCNC(=O)C1. The third-order valence-corrected chi connectivity index (χ3v) is 1.66. The van der Waals surface area contributed by atoms with E-state index in [1.807, 2.05) is 4.90 Å². The lowest BCUT2D eigenvalue weighted by Gasteiger charge is -2.13. The zero-order valence-corrected chi connectivity index (χ0v) is 6.47. The topological polar surface area (TPSA) is 32.3 Å². The standard InChI is InChI=1S/C8H12N2O/c1-2-5-10-6-3-4-9-8(11)7-10/h1H,3-7H2,(H,9,11). The molecule has 0 unspecified atom stereocenters. The van der Waals surface area contributed by atoms with Gasteiger partial charge >= 0.3 is 0 Å². The second kappa shape index (κ2) is 3.99. The summed E-state index contributed by atoms with van der Waals surface area (Å²) in [7, 11) is 0. The minimum absolute atomic E-state index is 0.0813. The van der Waals surface area contributed by atoms with E-state index in [2.05, 4.69) is 11.2 Å². The first-order valence-electron chi connectivity index (χ1n) is 3.75. The molecule has 0 bridgehead atoms. The number of hydrogen-bond donors (Lipinski definition) is 1. The Hall–Kier alpha value is -1.01. The highest BCUT2D eigenvalue weighted by Gasteiger charge is 2.12. The van der Waals surface area contributed by atoms with Gasteiger partial charge in [-0.1, -0.05) is 5.92 Å². The molecule has 0 atom stereocenters. The Morgan fingerprint density at radius 1 is 1.73 bits per heavy atom. The highest BCUT2D eigenvalue weighted by atomic mass is 16.2. The summed E-state index contributed by atoms with van der Waals surface area (Å²) in [5.41, 5.74) is 0. The molecule has 1 N–H and O–H groups in total. The highest BCUT2D eigenvalue weighted by Crippen LogP contribution is 1.94. The van der Waals surface area contributed by atoms with Crippen LogP contribution in [-0.4, -0.2) is 37.0 Å². The molecule has 1 aliphatic heterocycles. The van der Waals surface area contributed by atoms with E-state index in [1.165, 1.54) is 0 Å². The molecule has 0 aliphatic carbocycles. The van der Waals surface area contributed by atoms with Gasteiger partial charge in [-0.3, -0.25) is 9.69 Å². The zero-order valence-electron chi connectivity index (χ0n) is 6.47. The number of carbonyl (C=O) groups is 1. The van der Waals surface area contributed by atoms with Gasteiger partial charge in [0.25, 0.3) is 0 Å². The number of nitrogens with zero attached hydrogens (tertiary/aromatic N) is 1. The Bertz CT molecular complexity index is 183. The Labute approximate surface area is 66.8 Å². The first-order valence-corrected chi connectivity index (χ1v) is 3.75. The van der Waals surface area contributed by atoms with Crippen molar-refractivity contribution in [2.45, 2.75) is 6.42 Å². The maximum Gasteiger partial charge on any atom is 0.234 e. The molecule has 0 aromatic rings. The molecule has 3 heteroatoms. The normalized spacial score (nSPS) is 20.1. The molecular formula is C8H12N2O. The summed E-state index contributed by atoms with van der Waals surface area (Å²) in [6.45, 7) is 2.72. The molecule has 0 aromatic carbocycles. The molecular weight excluding hydrogens is 140 g/mol. The molecule has 1 rings (SSSR count). The Balaban J connectivity index is 2.40. The van der Waals surface area contributed by atoms with Gasteiger partial charge in [0.2, 0.25) is 5.91 Å². The van der Waals surface area contributed by atoms with Crippen molar-refractivity contribution in [2.24, 2.45) is 0 Å². The van der Waals surface area contributed by atoms with E-state index in [-0.39, 0.29) is 5.91 Å². The van der Waals surface area contributed by atoms with Crippen molar-refractivity contribution in [1.29, 1.82) is 0 Å². The van der Waals surface area contributed by atoms with Gasteiger partial charge in [0.05, 0.1) is 13.1 Å². The smallest absolute Gasteiger partial charge is 0.234 e. The molecule has 0 radical (unpaired) electrons. The van der Waals surface area contributed by atoms with E-state index >= 15 is 0 Å². The molecule has 1 amide bonds. The van der Waals surface area contributed by atoms with Crippen LogP contribution >= 0.6 is 0 Å². The van der Waals surface area contributed by atoms with E-state index in [9.17, 15) is 4.79 Å². The van der Waals surface area contributed by atoms with Crippen LogP contribution in [0, 0.1) is 12.3 Å². The van der Waals surface area contributed by atoms with Crippen molar-refractivity contribution >= 4 is 5.91 Å². The second-order valence-corrected chi connectivity index (χ2v) is 2.62. The first kappa shape index (κ1) is 8.09. The fourth-order valence-electron chi connectivity index (χ4n) is 1.13. The average Bonchev–Trinajstić information content (AvgIpc) is 2.15. The van der Waals surface area contributed by atoms with Gasteiger partial charge in [-0.2, -0.15) is 0 Å². The molecule has 1 aliphatic rings. The van der Waals surface area contributed by atoms with Crippen LogP contribution in [0.2, 0.25) is 0 Å². The molecule has 0 spiro atoms.